The number of ether oxygens (including phenoxy) is 1. The molecule has 0 saturated carbocycles. The van der Waals surface area contributed by atoms with Gasteiger partial charge in [-0.1, -0.05) is 23.7 Å². The lowest BCUT2D eigenvalue weighted by atomic mass is 10.1. The van der Waals surface area contributed by atoms with Crippen molar-refractivity contribution < 1.29 is 14.3 Å². The minimum Gasteiger partial charge on any atom is -0.465 e. The van der Waals surface area contributed by atoms with Gasteiger partial charge in [0.15, 0.2) is 0 Å². The molecule has 0 atom stereocenters. The molecular weight excluding hydrogens is 278 g/mol. The molecule has 0 radical (unpaired) electrons. The van der Waals surface area contributed by atoms with E-state index in [1.54, 1.807) is 31.2 Å². The second kappa shape index (κ2) is 7.70. The number of benzene rings is 1. The van der Waals surface area contributed by atoms with Crippen molar-refractivity contribution in [3.8, 4) is 0 Å². The molecule has 0 spiro atoms. The summed E-state index contributed by atoms with van der Waals surface area (Å²) in [4.78, 5) is 25.2. The van der Waals surface area contributed by atoms with E-state index in [4.69, 9.17) is 16.3 Å². The molecule has 20 heavy (non-hydrogen) atoms. The lowest BCUT2D eigenvalue weighted by Gasteiger charge is -2.20. The predicted molar refractivity (Wildman–Crippen MR) is 78.9 cm³/mol. The lowest BCUT2D eigenvalue weighted by molar-refractivity contribution is -0.143. The molecule has 0 aliphatic rings. The van der Waals surface area contributed by atoms with Crippen LogP contribution in [0.25, 0.3) is 0 Å². The maximum Gasteiger partial charge on any atom is 0.325 e. The van der Waals surface area contributed by atoms with Crippen molar-refractivity contribution in [3.05, 3.63) is 47.0 Å². The molecule has 0 N–H and O–H groups in total. The summed E-state index contributed by atoms with van der Waals surface area (Å²) >= 11 is 6.01. The molecule has 108 valence electrons. The number of hydrogen-bond acceptors (Lipinski definition) is 3. The Morgan fingerprint density at radius 2 is 2.15 bits per heavy atom. The number of hydrogen-bond donors (Lipinski definition) is 0. The molecule has 0 saturated heterocycles. The summed E-state index contributed by atoms with van der Waals surface area (Å²) in [6, 6.07) is 5.05. The fourth-order valence-electron chi connectivity index (χ4n) is 1.65. The Kier molecular flexibility index (Phi) is 6.25. The molecule has 0 bridgehead atoms. The average Bonchev–Trinajstić information content (AvgIpc) is 2.41. The Labute approximate surface area is 124 Å². The van der Waals surface area contributed by atoms with Crippen LogP contribution in [0.2, 0.25) is 5.02 Å². The molecule has 4 nitrogen and oxygen atoms in total. The molecule has 0 unspecified atom stereocenters. The van der Waals surface area contributed by atoms with E-state index in [2.05, 4.69) is 6.58 Å². The number of carbonyl (C=O) groups is 2. The van der Waals surface area contributed by atoms with Crippen LogP contribution in [0.1, 0.15) is 22.8 Å². The van der Waals surface area contributed by atoms with E-state index in [1.165, 1.54) is 4.90 Å². The predicted octanol–water partition coefficient (Wildman–Crippen LogP) is 2.84. The first-order chi connectivity index (χ1) is 9.49. The van der Waals surface area contributed by atoms with Gasteiger partial charge in [0.1, 0.15) is 6.54 Å². The number of carbonyl (C=O) groups excluding carboxylic acids is 2. The first kappa shape index (κ1) is 16.2. The zero-order chi connectivity index (χ0) is 15.1. The van der Waals surface area contributed by atoms with Crippen molar-refractivity contribution in [2.45, 2.75) is 13.8 Å². The third-order valence-corrected chi connectivity index (χ3v) is 3.09. The van der Waals surface area contributed by atoms with E-state index in [1.807, 2.05) is 6.92 Å². The summed E-state index contributed by atoms with van der Waals surface area (Å²) < 4.78 is 4.85. The van der Waals surface area contributed by atoms with Crippen molar-refractivity contribution in [1.82, 2.24) is 4.90 Å². The first-order valence-electron chi connectivity index (χ1n) is 6.31. The van der Waals surface area contributed by atoms with Gasteiger partial charge in [-0.25, -0.2) is 0 Å². The second-order valence-electron chi connectivity index (χ2n) is 4.24. The van der Waals surface area contributed by atoms with Crippen molar-refractivity contribution in [1.29, 1.82) is 0 Å². The van der Waals surface area contributed by atoms with E-state index in [-0.39, 0.29) is 25.6 Å². The van der Waals surface area contributed by atoms with E-state index in [0.717, 1.165) is 5.56 Å². The summed E-state index contributed by atoms with van der Waals surface area (Å²) in [5.74, 6) is -0.722. The van der Waals surface area contributed by atoms with Crippen molar-refractivity contribution in [2.24, 2.45) is 0 Å². The van der Waals surface area contributed by atoms with Gasteiger partial charge in [-0.05, 0) is 31.5 Å². The highest BCUT2D eigenvalue weighted by molar-refractivity contribution is 6.31. The summed E-state index contributed by atoms with van der Waals surface area (Å²) in [6.45, 7) is 7.61. The number of nitrogens with zero attached hydrogens (tertiary/aromatic N) is 1. The van der Waals surface area contributed by atoms with Crippen LogP contribution < -0.4 is 0 Å². The van der Waals surface area contributed by atoms with Crippen LogP contribution in [0.5, 0.6) is 0 Å². The third-order valence-electron chi connectivity index (χ3n) is 2.68. The molecule has 1 aromatic carbocycles. The van der Waals surface area contributed by atoms with Crippen LogP contribution in [-0.2, 0) is 9.53 Å². The topological polar surface area (TPSA) is 46.6 Å². The van der Waals surface area contributed by atoms with Gasteiger partial charge in [0, 0.05) is 17.1 Å². The highest BCUT2D eigenvalue weighted by Gasteiger charge is 2.18. The summed E-state index contributed by atoms with van der Waals surface area (Å²) in [5.41, 5.74) is 1.33. The van der Waals surface area contributed by atoms with Crippen LogP contribution in [0.4, 0.5) is 0 Å². The van der Waals surface area contributed by atoms with Crippen molar-refractivity contribution in [2.75, 3.05) is 19.7 Å². The van der Waals surface area contributed by atoms with Gasteiger partial charge in [0.05, 0.1) is 6.61 Å². The van der Waals surface area contributed by atoms with E-state index >= 15 is 0 Å². The zero-order valence-corrected chi connectivity index (χ0v) is 12.4. The average molecular weight is 296 g/mol. The number of aryl methyl sites for hydroxylation is 1. The van der Waals surface area contributed by atoms with E-state index < -0.39 is 5.97 Å². The lowest BCUT2D eigenvalue weighted by Crippen LogP contribution is -2.36. The van der Waals surface area contributed by atoms with Gasteiger partial charge in [-0.2, -0.15) is 0 Å². The van der Waals surface area contributed by atoms with E-state index in [9.17, 15) is 9.59 Å². The van der Waals surface area contributed by atoms with Crippen molar-refractivity contribution in [3.63, 3.8) is 0 Å². The molecule has 1 aromatic rings. The van der Waals surface area contributed by atoms with Gasteiger partial charge in [-0.3, -0.25) is 9.59 Å². The SMILES string of the molecule is C=CCN(CC(=O)OCC)C(=O)c1ccc(C)c(Cl)c1. The standard InChI is InChI=1S/C15H18ClNO3/c1-4-8-17(10-14(18)20-5-2)15(19)12-7-6-11(3)13(16)9-12/h4,6-7,9H,1,5,8,10H2,2-3H3. The van der Waals surface area contributed by atoms with Crippen LogP contribution in [-0.4, -0.2) is 36.5 Å². The van der Waals surface area contributed by atoms with Gasteiger partial charge in [0.25, 0.3) is 5.91 Å². The monoisotopic (exact) mass is 295 g/mol. The Morgan fingerprint density at radius 3 is 2.70 bits per heavy atom. The molecule has 5 heteroatoms. The third kappa shape index (κ3) is 4.38. The summed E-state index contributed by atoms with van der Waals surface area (Å²) in [5, 5.41) is 0.519. The molecule has 1 amide bonds. The minimum absolute atomic E-state index is 0.107. The maximum atomic E-state index is 12.3. The molecule has 0 heterocycles. The van der Waals surface area contributed by atoms with E-state index in [0.29, 0.717) is 10.6 Å². The molecule has 0 aromatic heterocycles. The highest BCUT2D eigenvalue weighted by atomic mass is 35.5. The molecule has 0 aliphatic heterocycles. The van der Waals surface area contributed by atoms with Crippen LogP contribution >= 0.6 is 11.6 Å². The van der Waals surface area contributed by atoms with Gasteiger partial charge in [-0.15, -0.1) is 6.58 Å². The normalized spacial score (nSPS) is 9.95. The molecular formula is C15H18ClNO3. The smallest absolute Gasteiger partial charge is 0.325 e. The highest BCUT2D eigenvalue weighted by Crippen LogP contribution is 2.18. The number of halogens is 1. The largest absolute Gasteiger partial charge is 0.465 e. The quantitative estimate of drug-likeness (QED) is 0.599. The Balaban J connectivity index is 2.89. The van der Waals surface area contributed by atoms with Crippen LogP contribution in [0.15, 0.2) is 30.9 Å². The maximum absolute atomic E-state index is 12.3. The fourth-order valence-corrected chi connectivity index (χ4v) is 1.83. The molecule has 1 rings (SSSR count). The summed E-state index contributed by atoms with van der Waals surface area (Å²) in [6.07, 6.45) is 1.56. The van der Waals surface area contributed by atoms with Gasteiger partial charge < -0.3 is 9.64 Å². The number of esters is 1. The Hall–Kier alpha value is -1.81. The second-order valence-corrected chi connectivity index (χ2v) is 4.65. The zero-order valence-electron chi connectivity index (χ0n) is 11.7. The Bertz CT molecular complexity index is 514. The van der Waals surface area contributed by atoms with Gasteiger partial charge >= 0.3 is 5.97 Å². The number of amides is 1. The Morgan fingerprint density at radius 1 is 1.45 bits per heavy atom. The minimum atomic E-state index is -0.444. The van der Waals surface area contributed by atoms with Crippen LogP contribution in [0.3, 0.4) is 0 Å². The summed E-state index contributed by atoms with van der Waals surface area (Å²) in [7, 11) is 0. The molecule has 0 fully saturated rings. The first-order valence-corrected chi connectivity index (χ1v) is 6.69. The number of rotatable bonds is 6. The molecule has 0 aliphatic carbocycles. The fraction of sp³-hybridized carbons (Fsp3) is 0.333. The van der Waals surface area contributed by atoms with Gasteiger partial charge in [0.2, 0.25) is 0 Å². The van der Waals surface area contributed by atoms with Crippen LogP contribution in [0, 0.1) is 6.92 Å². The van der Waals surface area contributed by atoms with Crippen molar-refractivity contribution >= 4 is 23.5 Å².